The molecular weight excluding hydrogens is 552 g/mol. The van der Waals surface area contributed by atoms with E-state index in [9.17, 15) is 14.4 Å². The summed E-state index contributed by atoms with van der Waals surface area (Å²) in [5.74, 6) is -0.240. The standard InChI is InChI=1S/C36H48N4O4/c1-44-35(42)29-16-18-30(19-17-29)37-34(41)28-14-12-26(13-15-28)24-38-22-20-32(21-23-38)40-33(27-8-4-2-5-9-27)25-39(36(40)43)31-10-6-3-7-11-31/h2,4-5,8-9,12-15,29-33H,3,6-7,10-11,16-25H2,1H3,(H,37,41)/t29-,30+,33-/m0/s1. The summed E-state index contributed by atoms with van der Waals surface area (Å²) in [6.07, 6.45) is 11.1. The highest BCUT2D eigenvalue weighted by atomic mass is 16.5. The molecule has 8 nitrogen and oxygen atoms in total. The Bertz CT molecular complexity index is 1260. The van der Waals surface area contributed by atoms with Gasteiger partial charge in [-0.1, -0.05) is 61.7 Å². The Hall–Kier alpha value is -3.39. The van der Waals surface area contributed by atoms with E-state index in [4.69, 9.17) is 4.74 Å². The number of nitrogens with zero attached hydrogens (tertiary/aromatic N) is 3. The number of carbonyl (C=O) groups excluding carboxylic acids is 3. The molecule has 4 aliphatic rings. The SMILES string of the molecule is COC(=O)[C@H]1CC[C@@H](NC(=O)c2ccc(CN3CCC(N4C(=O)N(C5CCCCC5)C[C@H]4c4ccccc4)CC3)cc2)CC1. The minimum Gasteiger partial charge on any atom is -0.469 e. The summed E-state index contributed by atoms with van der Waals surface area (Å²) >= 11 is 0. The molecule has 2 aromatic carbocycles. The number of methoxy groups -OCH3 is 1. The van der Waals surface area contributed by atoms with Gasteiger partial charge in [0.2, 0.25) is 0 Å². The average Bonchev–Trinajstić information content (AvgIpc) is 3.43. The van der Waals surface area contributed by atoms with Crippen LogP contribution in [0.4, 0.5) is 4.79 Å². The second-order valence-electron chi connectivity index (χ2n) is 13.3. The van der Waals surface area contributed by atoms with Gasteiger partial charge in [0.05, 0.1) is 19.1 Å². The molecule has 0 spiro atoms. The molecule has 2 heterocycles. The molecule has 0 aromatic heterocycles. The lowest BCUT2D eigenvalue weighted by Gasteiger charge is -2.39. The third kappa shape index (κ3) is 6.96. The molecule has 3 amide bonds. The molecule has 6 rings (SSSR count). The Kier molecular flexibility index (Phi) is 9.85. The predicted octanol–water partition coefficient (Wildman–Crippen LogP) is 5.92. The second-order valence-corrected chi connectivity index (χ2v) is 13.3. The summed E-state index contributed by atoms with van der Waals surface area (Å²) in [7, 11) is 1.44. The van der Waals surface area contributed by atoms with Crippen LogP contribution in [0.2, 0.25) is 0 Å². The van der Waals surface area contributed by atoms with Crippen molar-refractivity contribution in [2.75, 3.05) is 26.7 Å². The monoisotopic (exact) mass is 600 g/mol. The van der Waals surface area contributed by atoms with Gasteiger partial charge in [-0.2, -0.15) is 0 Å². The first-order valence-corrected chi connectivity index (χ1v) is 16.8. The van der Waals surface area contributed by atoms with Gasteiger partial charge in [0, 0.05) is 49.9 Å². The zero-order valence-corrected chi connectivity index (χ0v) is 26.2. The fraction of sp³-hybridized carbons (Fsp3) is 0.583. The fourth-order valence-electron chi connectivity index (χ4n) is 7.97. The molecule has 1 atom stereocenters. The number of amides is 3. The number of likely N-dealkylation sites (tertiary alicyclic amines) is 1. The Morgan fingerprint density at radius 1 is 0.818 bits per heavy atom. The first-order valence-electron chi connectivity index (χ1n) is 16.8. The maximum Gasteiger partial charge on any atom is 0.321 e. The van der Waals surface area contributed by atoms with Gasteiger partial charge in [0.1, 0.15) is 0 Å². The van der Waals surface area contributed by atoms with Crippen LogP contribution in [-0.4, -0.2) is 77.5 Å². The Morgan fingerprint density at radius 3 is 2.16 bits per heavy atom. The lowest BCUT2D eigenvalue weighted by molar-refractivity contribution is -0.146. The first kappa shape index (κ1) is 30.6. The number of benzene rings is 2. The van der Waals surface area contributed by atoms with Gasteiger partial charge in [-0.25, -0.2) is 4.79 Å². The molecule has 0 bridgehead atoms. The van der Waals surface area contributed by atoms with Gasteiger partial charge in [-0.05, 0) is 74.6 Å². The van der Waals surface area contributed by atoms with Crippen molar-refractivity contribution in [3.05, 3.63) is 71.3 Å². The normalized spacial score (nSPS) is 25.7. The number of rotatable bonds is 8. The molecule has 0 unspecified atom stereocenters. The van der Waals surface area contributed by atoms with Crippen LogP contribution in [0.3, 0.4) is 0 Å². The van der Waals surface area contributed by atoms with Crippen LogP contribution in [0.15, 0.2) is 54.6 Å². The molecule has 2 aliphatic carbocycles. The van der Waals surface area contributed by atoms with Gasteiger partial charge in [-0.3, -0.25) is 14.5 Å². The average molecular weight is 601 g/mol. The van der Waals surface area contributed by atoms with Crippen LogP contribution in [0.5, 0.6) is 0 Å². The van der Waals surface area contributed by atoms with Crippen molar-refractivity contribution in [3.8, 4) is 0 Å². The number of hydrogen-bond acceptors (Lipinski definition) is 5. The molecule has 1 N–H and O–H groups in total. The van der Waals surface area contributed by atoms with Crippen LogP contribution in [0.1, 0.15) is 98.2 Å². The van der Waals surface area contributed by atoms with Gasteiger partial charge >= 0.3 is 12.0 Å². The molecule has 2 saturated carbocycles. The summed E-state index contributed by atoms with van der Waals surface area (Å²) in [6, 6.07) is 19.7. The maximum absolute atomic E-state index is 13.9. The van der Waals surface area contributed by atoms with Gasteiger partial charge < -0.3 is 19.9 Å². The first-order chi connectivity index (χ1) is 21.5. The third-order valence-electron chi connectivity index (χ3n) is 10.5. The minimum absolute atomic E-state index is 0.0464. The van der Waals surface area contributed by atoms with E-state index in [2.05, 4.69) is 62.5 Å². The molecule has 44 heavy (non-hydrogen) atoms. The largest absolute Gasteiger partial charge is 0.469 e. The number of carbonyl (C=O) groups is 3. The fourth-order valence-corrected chi connectivity index (χ4v) is 7.97. The summed E-state index contributed by atoms with van der Waals surface area (Å²) in [5.41, 5.74) is 3.12. The highest BCUT2D eigenvalue weighted by Gasteiger charge is 2.45. The van der Waals surface area contributed by atoms with Crippen LogP contribution in [0.25, 0.3) is 0 Å². The van der Waals surface area contributed by atoms with Crippen molar-refractivity contribution in [3.63, 3.8) is 0 Å². The van der Waals surface area contributed by atoms with E-state index in [1.807, 2.05) is 12.1 Å². The zero-order valence-electron chi connectivity index (χ0n) is 26.2. The topological polar surface area (TPSA) is 82.2 Å². The summed E-state index contributed by atoms with van der Waals surface area (Å²) in [4.78, 5) is 45.5. The van der Waals surface area contributed by atoms with E-state index in [1.54, 1.807) is 0 Å². The van der Waals surface area contributed by atoms with Crippen molar-refractivity contribution in [1.82, 2.24) is 20.0 Å². The van der Waals surface area contributed by atoms with Crippen LogP contribution in [0, 0.1) is 5.92 Å². The molecule has 4 fully saturated rings. The van der Waals surface area contributed by atoms with E-state index in [0.29, 0.717) is 11.6 Å². The van der Waals surface area contributed by atoms with Gasteiger partial charge in [0.25, 0.3) is 5.91 Å². The number of hydrogen-bond donors (Lipinski definition) is 1. The van der Waals surface area contributed by atoms with E-state index < -0.39 is 0 Å². The third-order valence-corrected chi connectivity index (χ3v) is 10.5. The molecule has 2 aliphatic heterocycles. The Balaban J connectivity index is 1.01. The molecular formula is C36H48N4O4. The van der Waals surface area contributed by atoms with Crippen LogP contribution in [-0.2, 0) is 16.1 Å². The van der Waals surface area contributed by atoms with Crippen molar-refractivity contribution < 1.29 is 19.1 Å². The van der Waals surface area contributed by atoms with Crippen molar-refractivity contribution in [2.45, 2.75) is 101 Å². The maximum atomic E-state index is 13.9. The smallest absolute Gasteiger partial charge is 0.321 e. The summed E-state index contributed by atoms with van der Waals surface area (Å²) < 4.78 is 4.87. The predicted molar refractivity (Wildman–Crippen MR) is 170 cm³/mol. The van der Waals surface area contributed by atoms with Crippen molar-refractivity contribution in [1.29, 1.82) is 0 Å². The summed E-state index contributed by atoms with van der Waals surface area (Å²) in [6.45, 7) is 3.56. The van der Waals surface area contributed by atoms with Crippen LogP contribution < -0.4 is 5.32 Å². The van der Waals surface area contributed by atoms with Crippen molar-refractivity contribution in [2.24, 2.45) is 5.92 Å². The molecule has 2 aromatic rings. The number of esters is 1. The number of piperidine rings is 1. The number of nitrogens with one attached hydrogen (secondary N) is 1. The van der Waals surface area contributed by atoms with Gasteiger partial charge in [0.15, 0.2) is 0 Å². The highest BCUT2D eigenvalue weighted by Crippen LogP contribution is 2.38. The lowest BCUT2D eigenvalue weighted by Crippen LogP contribution is -2.48. The lowest BCUT2D eigenvalue weighted by atomic mass is 9.86. The van der Waals surface area contributed by atoms with Crippen molar-refractivity contribution >= 4 is 17.9 Å². The zero-order chi connectivity index (χ0) is 30.5. The Labute approximate surface area is 262 Å². The molecule has 2 saturated heterocycles. The van der Waals surface area contributed by atoms with E-state index in [0.717, 1.165) is 77.5 Å². The number of ether oxygens (including phenoxy) is 1. The second kappa shape index (κ2) is 14.1. The van der Waals surface area contributed by atoms with E-state index in [1.165, 1.54) is 37.5 Å². The van der Waals surface area contributed by atoms with E-state index >= 15 is 0 Å². The molecule has 8 heteroatoms. The molecule has 0 radical (unpaired) electrons. The van der Waals surface area contributed by atoms with Crippen LogP contribution >= 0.6 is 0 Å². The molecule has 236 valence electrons. The summed E-state index contributed by atoms with van der Waals surface area (Å²) in [5, 5.41) is 3.15. The quantitative estimate of drug-likeness (QED) is 0.380. The van der Waals surface area contributed by atoms with E-state index in [-0.39, 0.29) is 42.0 Å². The van der Waals surface area contributed by atoms with Gasteiger partial charge in [-0.15, -0.1) is 0 Å². The number of urea groups is 1. The minimum atomic E-state index is -0.142. The highest BCUT2D eigenvalue weighted by molar-refractivity contribution is 5.94. The Morgan fingerprint density at radius 2 is 1.50 bits per heavy atom.